The lowest BCUT2D eigenvalue weighted by Gasteiger charge is -2.24. The molecule has 1 aromatic carbocycles. The van der Waals surface area contributed by atoms with Gasteiger partial charge in [-0.15, -0.1) is 0 Å². The molecule has 1 fully saturated rings. The van der Waals surface area contributed by atoms with Crippen molar-refractivity contribution < 1.29 is 14.7 Å². The Kier molecular flexibility index (Phi) is 3.61. The number of hydrogen-bond acceptors (Lipinski definition) is 2. The Balaban J connectivity index is 1.82. The van der Waals surface area contributed by atoms with Crippen molar-refractivity contribution in [3.05, 3.63) is 40.4 Å². The van der Waals surface area contributed by atoms with Crippen molar-refractivity contribution in [2.45, 2.75) is 13.3 Å². The minimum Gasteiger partial charge on any atom is -0.481 e. The number of amides is 1. The second-order valence-electron chi connectivity index (χ2n) is 5.81. The molecule has 0 radical (unpaired) electrons. The number of halogens is 1. The molecule has 2 bridgehead atoms. The maximum absolute atomic E-state index is 12.5. The van der Waals surface area contributed by atoms with E-state index in [1.54, 1.807) is 0 Å². The lowest BCUT2D eigenvalue weighted by molar-refractivity contribution is -0.146. The van der Waals surface area contributed by atoms with E-state index in [1.807, 2.05) is 37.3 Å². The molecule has 0 spiro atoms. The number of aryl methyl sites for hydroxylation is 1. The number of aliphatic carboxylic acids is 1. The molecule has 5 heteroatoms. The Morgan fingerprint density at radius 3 is 2.52 bits per heavy atom. The summed E-state index contributed by atoms with van der Waals surface area (Å²) < 4.78 is 0.807. The Bertz CT molecular complexity index is 640. The fourth-order valence-corrected chi connectivity index (χ4v) is 4.05. The molecule has 21 heavy (non-hydrogen) atoms. The number of anilines is 1. The van der Waals surface area contributed by atoms with E-state index in [9.17, 15) is 14.7 Å². The van der Waals surface area contributed by atoms with Crippen LogP contribution in [0.1, 0.15) is 12.0 Å². The fraction of sp³-hybridized carbons (Fsp3) is 0.375. The molecule has 2 aliphatic rings. The zero-order chi connectivity index (χ0) is 15.1. The van der Waals surface area contributed by atoms with Crippen LogP contribution in [0.25, 0.3) is 0 Å². The van der Waals surface area contributed by atoms with Gasteiger partial charge in [0.25, 0.3) is 0 Å². The van der Waals surface area contributed by atoms with E-state index in [-0.39, 0.29) is 17.7 Å². The average Bonchev–Trinajstić information content (AvgIpc) is 3.02. The van der Waals surface area contributed by atoms with Gasteiger partial charge in [-0.3, -0.25) is 9.59 Å². The van der Waals surface area contributed by atoms with Crippen molar-refractivity contribution in [3.8, 4) is 0 Å². The summed E-state index contributed by atoms with van der Waals surface area (Å²) in [5, 5.41) is 12.3. The van der Waals surface area contributed by atoms with E-state index in [1.165, 1.54) is 0 Å². The quantitative estimate of drug-likeness (QED) is 0.823. The van der Waals surface area contributed by atoms with Gasteiger partial charge in [-0.05, 0) is 58.8 Å². The number of carbonyl (C=O) groups excluding carboxylic acids is 1. The van der Waals surface area contributed by atoms with Crippen LogP contribution < -0.4 is 5.32 Å². The van der Waals surface area contributed by atoms with E-state index in [2.05, 4.69) is 21.2 Å². The van der Waals surface area contributed by atoms with E-state index in [0.29, 0.717) is 5.69 Å². The number of carboxylic acid groups (broad SMARTS) is 1. The van der Waals surface area contributed by atoms with Gasteiger partial charge in [0.2, 0.25) is 5.91 Å². The van der Waals surface area contributed by atoms with E-state index in [0.717, 1.165) is 16.5 Å². The molecule has 4 nitrogen and oxygen atoms in total. The zero-order valence-electron chi connectivity index (χ0n) is 11.5. The Hall–Kier alpha value is -1.62. The molecule has 2 N–H and O–H groups in total. The first kappa shape index (κ1) is 14.3. The minimum absolute atomic E-state index is 0.00953. The van der Waals surface area contributed by atoms with Gasteiger partial charge in [0.15, 0.2) is 0 Å². The molecule has 4 atom stereocenters. The first-order valence-electron chi connectivity index (χ1n) is 6.95. The molecular formula is C16H16BrNO3. The van der Waals surface area contributed by atoms with Crippen molar-refractivity contribution >= 4 is 33.5 Å². The topological polar surface area (TPSA) is 66.4 Å². The lowest BCUT2D eigenvalue weighted by atomic mass is 9.82. The number of nitrogens with one attached hydrogen (secondary N) is 1. The average molecular weight is 350 g/mol. The number of fused-ring (bicyclic) bond motifs is 2. The van der Waals surface area contributed by atoms with Gasteiger partial charge in [-0.25, -0.2) is 0 Å². The second-order valence-corrected chi connectivity index (χ2v) is 6.67. The molecule has 0 aliphatic heterocycles. The van der Waals surface area contributed by atoms with Gasteiger partial charge in [0, 0.05) is 4.47 Å². The molecule has 1 aromatic rings. The first-order valence-corrected chi connectivity index (χ1v) is 7.75. The molecule has 1 saturated carbocycles. The summed E-state index contributed by atoms with van der Waals surface area (Å²) in [7, 11) is 0. The van der Waals surface area contributed by atoms with Gasteiger partial charge in [0.05, 0.1) is 17.5 Å². The summed E-state index contributed by atoms with van der Waals surface area (Å²) in [6.45, 7) is 1.97. The molecule has 1 amide bonds. The van der Waals surface area contributed by atoms with Crippen LogP contribution >= 0.6 is 15.9 Å². The van der Waals surface area contributed by atoms with Gasteiger partial charge in [-0.2, -0.15) is 0 Å². The van der Waals surface area contributed by atoms with Crippen LogP contribution in [0, 0.1) is 30.6 Å². The summed E-state index contributed by atoms with van der Waals surface area (Å²) in [5.41, 5.74) is 1.77. The number of carbonyl (C=O) groups is 2. The maximum atomic E-state index is 12.5. The molecule has 3 rings (SSSR count). The zero-order valence-corrected chi connectivity index (χ0v) is 13.1. The third-order valence-corrected chi connectivity index (χ3v) is 5.09. The molecular weight excluding hydrogens is 334 g/mol. The normalized spacial score (nSPS) is 29.6. The van der Waals surface area contributed by atoms with Crippen LogP contribution in [-0.4, -0.2) is 17.0 Å². The number of hydrogen-bond donors (Lipinski definition) is 2. The third kappa shape index (κ3) is 2.50. The highest BCUT2D eigenvalue weighted by molar-refractivity contribution is 9.10. The predicted octanol–water partition coefficient (Wildman–Crippen LogP) is 3.22. The Morgan fingerprint density at radius 1 is 1.24 bits per heavy atom. The minimum atomic E-state index is -0.880. The van der Waals surface area contributed by atoms with Crippen molar-refractivity contribution in [2.24, 2.45) is 23.7 Å². The first-order chi connectivity index (χ1) is 9.97. The monoisotopic (exact) mass is 349 g/mol. The Labute approximate surface area is 131 Å². The number of allylic oxidation sites excluding steroid dienone is 2. The van der Waals surface area contributed by atoms with Crippen molar-refractivity contribution in [3.63, 3.8) is 0 Å². The summed E-state index contributed by atoms with van der Waals surface area (Å²) in [6.07, 6.45) is 4.69. The second kappa shape index (κ2) is 5.30. The molecule has 2 aliphatic carbocycles. The fourth-order valence-electron chi connectivity index (χ4n) is 3.45. The van der Waals surface area contributed by atoms with Crippen LogP contribution in [-0.2, 0) is 9.59 Å². The van der Waals surface area contributed by atoms with Crippen LogP contribution in [0.5, 0.6) is 0 Å². The van der Waals surface area contributed by atoms with Crippen LogP contribution in [0.4, 0.5) is 5.69 Å². The van der Waals surface area contributed by atoms with Crippen molar-refractivity contribution in [1.82, 2.24) is 0 Å². The van der Waals surface area contributed by atoms with Gasteiger partial charge >= 0.3 is 5.97 Å². The van der Waals surface area contributed by atoms with Crippen LogP contribution in [0.2, 0.25) is 0 Å². The summed E-state index contributed by atoms with van der Waals surface area (Å²) in [5.74, 6) is -2.14. The van der Waals surface area contributed by atoms with Crippen molar-refractivity contribution in [2.75, 3.05) is 5.32 Å². The van der Waals surface area contributed by atoms with Crippen molar-refractivity contribution in [1.29, 1.82) is 0 Å². The smallest absolute Gasteiger partial charge is 0.307 e. The molecule has 0 saturated heterocycles. The van der Waals surface area contributed by atoms with Crippen LogP contribution in [0.15, 0.2) is 34.8 Å². The standard InChI is InChI=1S/C16H16BrNO3/c1-8-2-5-12(11(17)6-8)18-15(19)13-9-3-4-10(7-9)14(13)16(20)21/h2-6,9-10,13-14H,7H2,1H3,(H,18,19)(H,20,21)/t9?,10?,13-,14+/m0/s1. The lowest BCUT2D eigenvalue weighted by Crippen LogP contribution is -2.36. The van der Waals surface area contributed by atoms with E-state index in [4.69, 9.17) is 0 Å². The number of carboxylic acids is 1. The molecule has 0 heterocycles. The predicted molar refractivity (Wildman–Crippen MR) is 82.9 cm³/mol. The van der Waals surface area contributed by atoms with Gasteiger partial charge in [0.1, 0.15) is 0 Å². The Morgan fingerprint density at radius 2 is 1.90 bits per heavy atom. The molecule has 0 aromatic heterocycles. The summed E-state index contributed by atoms with van der Waals surface area (Å²) in [4.78, 5) is 24.0. The number of rotatable bonds is 3. The highest BCUT2D eigenvalue weighted by Crippen LogP contribution is 2.48. The highest BCUT2D eigenvalue weighted by Gasteiger charge is 2.51. The highest BCUT2D eigenvalue weighted by atomic mass is 79.9. The summed E-state index contributed by atoms with van der Waals surface area (Å²) >= 11 is 3.42. The van der Waals surface area contributed by atoms with Crippen LogP contribution in [0.3, 0.4) is 0 Å². The third-order valence-electron chi connectivity index (χ3n) is 4.43. The van der Waals surface area contributed by atoms with E-state index >= 15 is 0 Å². The number of benzene rings is 1. The molecule has 110 valence electrons. The van der Waals surface area contributed by atoms with E-state index < -0.39 is 17.8 Å². The van der Waals surface area contributed by atoms with Gasteiger partial charge < -0.3 is 10.4 Å². The maximum Gasteiger partial charge on any atom is 0.307 e. The van der Waals surface area contributed by atoms with Gasteiger partial charge in [-0.1, -0.05) is 18.2 Å². The summed E-state index contributed by atoms with van der Waals surface area (Å²) in [6, 6.07) is 5.66. The SMILES string of the molecule is Cc1ccc(NC(=O)[C@H]2C3C=CC(C3)[C@H]2C(=O)O)c(Br)c1. The molecule has 2 unspecified atom stereocenters. The largest absolute Gasteiger partial charge is 0.481 e.